The van der Waals surface area contributed by atoms with Crippen molar-refractivity contribution in [1.29, 1.82) is 0 Å². The Bertz CT molecular complexity index is 558. The molecule has 1 aromatic carbocycles. The fraction of sp³-hybridized carbons (Fsp3) is 0.364. The van der Waals surface area contributed by atoms with Crippen LogP contribution in [0.15, 0.2) is 17.0 Å². The second-order valence-corrected chi connectivity index (χ2v) is 6.19. The lowest BCUT2D eigenvalue weighted by molar-refractivity contribution is -0.118. The second kappa shape index (κ2) is 4.95. The van der Waals surface area contributed by atoms with Gasteiger partial charge in [0.05, 0.1) is 11.4 Å². The molecule has 100 valence electrons. The molecule has 0 bridgehead atoms. The van der Waals surface area contributed by atoms with Crippen LogP contribution in [0.1, 0.15) is 11.1 Å². The Balaban J connectivity index is 3.33. The summed E-state index contributed by atoms with van der Waals surface area (Å²) in [5, 5.41) is 0. The van der Waals surface area contributed by atoms with Gasteiger partial charge < -0.3 is 11.5 Å². The molecule has 1 rings (SSSR count). The molecule has 0 saturated heterocycles. The number of carbonyl (C=O) groups is 1. The van der Waals surface area contributed by atoms with Gasteiger partial charge in [0.1, 0.15) is 0 Å². The van der Waals surface area contributed by atoms with Crippen LogP contribution in [-0.4, -0.2) is 32.2 Å². The number of carbonyl (C=O) groups excluding carboxylic acids is 1. The van der Waals surface area contributed by atoms with Crippen molar-refractivity contribution >= 4 is 21.6 Å². The van der Waals surface area contributed by atoms with Crippen molar-refractivity contribution in [3.05, 3.63) is 23.3 Å². The first-order chi connectivity index (χ1) is 8.16. The summed E-state index contributed by atoms with van der Waals surface area (Å²) in [6, 6.07) is 3.16. The smallest absolute Gasteiger partial charge is 0.243 e. The minimum Gasteiger partial charge on any atom is -0.399 e. The maximum atomic E-state index is 12.3. The first kappa shape index (κ1) is 14.5. The Kier molecular flexibility index (Phi) is 3.98. The van der Waals surface area contributed by atoms with Gasteiger partial charge in [-0.25, -0.2) is 8.42 Å². The lowest BCUT2D eigenvalue weighted by Gasteiger charge is -2.19. The summed E-state index contributed by atoms with van der Waals surface area (Å²) in [6.07, 6.45) is 0. The van der Waals surface area contributed by atoms with Crippen LogP contribution in [0.4, 0.5) is 5.69 Å². The molecule has 7 heteroatoms. The predicted octanol–water partition coefficient (Wildman–Crippen LogP) is -0.00856. The molecule has 0 unspecified atom stereocenters. The summed E-state index contributed by atoms with van der Waals surface area (Å²) in [6.45, 7) is 2.97. The minimum absolute atomic E-state index is 0.167. The molecule has 0 saturated carbocycles. The van der Waals surface area contributed by atoms with E-state index in [2.05, 4.69) is 0 Å². The van der Waals surface area contributed by atoms with Crippen molar-refractivity contribution in [3.8, 4) is 0 Å². The topological polar surface area (TPSA) is 106 Å². The molecule has 0 fully saturated rings. The van der Waals surface area contributed by atoms with Gasteiger partial charge in [-0.1, -0.05) is 0 Å². The van der Waals surface area contributed by atoms with Gasteiger partial charge in [0.2, 0.25) is 15.9 Å². The number of nitrogens with zero attached hydrogens (tertiary/aromatic N) is 1. The zero-order chi connectivity index (χ0) is 14.1. The van der Waals surface area contributed by atoms with Crippen molar-refractivity contribution in [1.82, 2.24) is 4.31 Å². The van der Waals surface area contributed by atoms with E-state index < -0.39 is 15.9 Å². The highest BCUT2D eigenvalue weighted by Gasteiger charge is 2.25. The number of benzene rings is 1. The van der Waals surface area contributed by atoms with E-state index in [1.54, 1.807) is 26.0 Å². The summed E-state index contributed by atoms with van der Waals surface area (Å²) in [5.41, 5.74) is 12.2. The quantitative estimate of drug-likeness (QED) is 0.751. The fourth-order valence-electron chi connectivity index (χ4n) is 1.85. The van der Waals surface area contributed by atoms with Gasteiger partial charge in [-0.05, 0) is 37.1 Å². The number of primary amides is 1. The third-order valence-electron chi connectivity index (χ3n) is 2.53. The van der Waals surface area contributed by atoms with Crippen molar-refractivity contribution in [2.45, 2.75) is 18.7 Å². The minimum atomic E-state index is -3.74. The molecule has 0 aromatic heterocycles. The second-order valence-electron chi connectivity index (χ2n) is 4.21. The summed E-state index contributed by atoms with van der Waals surface area (Å²) in [4.78, 5) is 11.0. The standard InChI is InChI=1S/C11H17N3O3S/c1-7-4-9(12)5-8(2)11(7)18(16,17)14(3)6-10(13)15/h4-5H,6,12H2,1-3H3,(H2,13,15). The maximum absolute atomic E-state index is 12.3. The molecule has 0 spiro atoms. The molecule has 0 aliphatic heterocycles. The van der Waals surface area contributed by atoms with Crippen LogP contribution < -0.4 is 11.5 Å². The Hall–Kier alpha value is -1.60. The third-order valence-corrected chi connectivity index (χ3v) is 4.64. The van der Waals surface area contributed by atoms with Gasteiger partial charge in [-0.2, -0.15) is 4.31 Å². The fourth-order valence-corrected chi connectivity index (χ4v) is 3.39. The van der Waals surface area contributed by atoms with Crippen LogP contribution in [0.5, 0.6) is 0 Å². The average Bonchev–Trinajstić information content (AvgIpc) is 2.13. The zero-order valence-corrected chi connectivity index (χ0v) is 11.4. The van der Waals surface area contributed by atoms with Gasteiger partial charge in [-0.15, -0.1) is 0 Å². The first-order valence-corrected chi connectivity index (χ1v) is 6.71. The maximum Gasteiger partial charge on any atom is 0.243 e. The Morgan fingerprint density at radius 1 is 1.28 bits per heavy atom. The number of nitrogens with two attached hydrogens (primary N) is 2. The summed E-state index contributed by atoms with van der Waals surface area (Å²) < 4.78 is 25.5. The molecule has 0 radical (unpaired) electrons. The highest BCUT2D eigenvalue weighted by molar-refractivity contribution is 7.89. The summed E-state index contributed by atoms with van der Waals surface area (Å²) in [7, 11) is -2.42. The number of aryl methyl sites for hydroxylation is 2. The Morgan fingerprint density at radius 3 is 2.11 bits per heavy atom. The van der Waals surface area contributed by atoms with Crippen molar-refractivity contribution < 1.29 is 13.2 Å². The molecule has 0 heterocycles. The molecular weight excluding hydrogens is 254 g/mol. The highest BCUT2D eigenvalue weighted by Crippen LogP contribution is 2.25. The molecule has 0 aliphatic carbocycles. The molecule has 0 aliphatic rings. The van der Waals surface area contributed by atoms with Crippen LogP contribution in [0.2, 0.25) is 0 Å². The Labute approximate surface area is 107 Å². The van der Waals surface area contributed by atoms with E-state index in [0.717, 1.165) is 4.31 Å². The monoisotopic (exact) mass is 271 g/mol. The zero-order valence-electron chi connectivity index (χ0n) is 10.6. The highest BCUT2D eigenvalue weighted by atomic mass is 32.2. The number of nitrogen functional groups attached to an aromatic ring is 1. The van der Waals surface area contributed by atoms with Gasteiger partial charge in [0.15, 0.2) is 0 Å². The van der Waals surface area contributed by atoms with E-state index in [1.807, 2.05) is 0 Å². The summed E-state index contributed by atoms with van der Waals surface area (Å²) in [5.74, 6) is -0.702. The molecular formula is C11H17N3O3S. The van der Waals surface area contributed by atoms with Gasteiger partial charge in [-0.3, -0.25) is 4.79 Å². The number of anilines is 1. The van der Waals surface area contributed by atoms with Gasteiger partial charge >= 0.3 is 0 Å². The molecule has 18 heavy (non-hydrogen) atoms. The van der Waals surface area contributed by atoms with E-state index in [4.69, 9.17) is 11.5 Å². The van der Waals surface area contributed by atoms with E-state index in [1.165, 1.54) is 7.05 Å². The number of hydrogen-bond donors (Lipinski definition) is 2. The largest absolute Gasteiger partial charge is 0.399 e. The first-order valence-electron chi connectivity index (χ1n) is 5.27. The van der Waals surface area contributed by atoms with Crippen molar-refractivity contribution in [2.24, 2.45) is 5.73 Å². The van der Waals surface area contributed by atoms with Gasteiger partial charge in [0, 0.05) is 12.7 Å². The van der Waals surface area contributed by atoms with E-state index in [9.17, 15) is 13.2 Å². The van der Waals surface area contributed by atoms with Crippen LogP contribution in [0.25, 0.3) is 0 Å². The molecule has 4 N–H and O–H groups in total. The van der Waals surface area contributed by atoms with Crippen LogP contribution in [-0.2, 0) is 14.8 Å². The van der Waals surface area contributed by atoms with Crippen molar-refractivity contribution in [3.63, 3.8) is 0 Å². The summed E-state index contributed by atoms with van der Waals surface area (Å²) >= 11 is 0. The lowest BCUT2D eigenvalue weighted by Crippen LogP contribution is -2.36. The van der Waals surface area contributed by atoms with Crippen molar-refractivity contribution in [2.75, 3.05) is 19.3 Å². The van der Waals surface area contributed by atoms with E-state index >= 15 is 0 Å². The number of hydrogen-bond acceptors (Lipinski definition) is 4. The van der Waals surface area contributed by atoms with E-state index in [0.29, 0.717) is 16.8 Å². The SMILES string of the molecule is Cc1cc(N)cc(C)c1S(=O)(=O)N(C)CC(N)=O. The van der Waals surface area contributed by atoms with E-state index in [-0.39, 0.29) is 11.4 Å². The van der Waals surface area contributed by atoms with Crippen LogP contribution >= 0.6 is 0 Å². The third kappa shape index (κ3) is 2.80. The molecule has 1 aromatic rings. The van der Waals surface area contributed by atoms with Crippen LogP contribution in [0, 0.1) is 13.8 Å². The molecule has 6 nitrogen and oxygen atoms in total. The van der Waals surface area contributed by atoms with Crippen LogP contribution in [0.3, 0.4) is 0 Å². The number of sulfonamides is 1. The number of rotatable bonds is 4. The predicted molar refractivity (Wildman–Crippen MR) is 69.3 cm³/mol. The number of amides is 1. The molecule has 1 amide bonds. The van der Waals surface area contributed by atoms with Gasteiger partial charge in [0.25, 0.3) is 0 Å². The molecule has 0 atom stereocenters. The average molecular weight is 271 g/mol. The normalized spacial score (nSPS) is 11.8. The Morgan fingerprint density at radius 2 is 1.72 bits per heavy atom. The number of likely N-dealkylation sites (N-methyl/N-ethyl adjacent to an activating group) is 1. The lowest BCUT2D eigenvalue weighted by atomic mass is 10.1.